The molecule has 0 saturated carbocycles. The Labute approximate surface area is 197 Å². The number of methoxy groups -OCH3 is 3. The lowest BCUT2D eigenvalue weighted by atomic mass is 10.1. The van der Waals surface area contributed by atoms with Crippen molar-refractivity contribution in [2.45, 2.75) is 0 Å². The molecular weight excluding hydrogens is 436 g/mol. The van der Waals surface area contributed by atoms with E-state index in [0.717, 1.165) is 11.1 Å². The van der Waals surface area contributed by atoms with Crippen LogP contribution in [0, 0.1) is 10.1 Å². The van der Waals surface area contributed by atoms with Gasteiger partial charge in [-0.15, -0.1) is 0 Å². The first-order valence-corrected chi connectivity index (χ1v) is 10.3. The topological polar surface area (TPSA) is 99.9 Å². The van der Waals surface area contributed by atoms with Crippen LogP contribution in [-0.2, 0) is 4.79 Å². The van der Waals surface area contributed by atoms with E-state index in [9.17, 15) is 14.9 Å². The Bertz CT molecular complexity index is 1220. The maximum Gasteiger partial charge on any atom is 0.270 e. The first kappa shape index (κ1) is 24.1. The van der Waals surface area contributed by atoms with Crippen molar-refractivity contribution < 1.29 is 23.9 Å². The average molecular weight is 460 g/mol. The van der Waals surface area contributed by atoms with Gasteiger partial charge in [0.15, 0.2) is 11.5 Å². The molecule has 0 aliphatic carbocycles. The summed E-state index contributed by atoms with van der Waals surface area (Å²) in [5.41, 5.74) is 2.74. The van der Waals surface area contributed by atoms with Crippen LogP contribution in [0.2, 0.25) is 0 Å². The normalized spacial score (nSPS) is 10.9. The summed E-state index contributed by atoms with van der Waals surface area (Å²) >= 11 is 0. The fourth-order valence-electron chi connectivity index (χ4n) is 3.23. The second-order valence-electron chi connectivity index (χ2n) is 7.05. The van der Waals surface area contributed by atoms with Crippen molar-refractivity contribution in [3.05, 3.63) is 93.5 Å². The molecule has 8 heteroatoms. The number of carbonyl (C=O) groups is 1. The van der Waals surface area contributed by atoms with Crippen LogP contribution in [0.25, 0.3) is 18.2 Å². The molecule has 3 aromatic rings. The predicted molar refractivity (Wildman–Crippen MR) is 132 cm³/mol. The van der Waals surface area contributed by atoms with E-state index in [4.69, 9.17) is 14.2 Å². The van der Waals surface area contributed by atoms with Crippen LogP contribution < -0.4 is 19.5 Å². The largest absolute Gasteiger partial charge is 0.493 e. The molecule has 1 N–H and O–H groups in total. The van der Waals surface area contributed by atoms with Crippen molar-refractivity contribution in [2.24, 2.45) is 0 Å². The lowest BCUT2D eigenvalue weighted by Gasteiger charge is -2.13. The molecule has 0 unspecified atom stereocenters. The lowest BCUT2D eigenvalue weighted by molar-refractivity contribution is -0.384. The number of ether oxygens (including phenoxy) is 3. The molecule has 0 fully saturated rings. The molecule has 174 valence electrons. The van der Waals surface area contributed by atoms with Gasteiger partial charge in [-0.1, -0.05) is 42.5 Å². The highest BCUT2D eigenvalue weighted by molar-refractivity contribution is 6.03. The number of hydrogen-bond acceptors (Lipinski definition) is 6. The summed E-state index contributed by atoms with van der Waals surface area (Å²) < 4.78 is 16.1. The number of nitro benzene ring substituents is 1. The van der Waals surface area contributed by atoms with Crippen molar-refractivity contribution >= 4 is 35.5 Å². The van der Waals surface area contributed by atoms with Crippen LogP contribution in [0.5, 0.6) is 17.2 Å². The number of nitrogens with zero attached hydrogens (tertiary/aromatic N) is 1. The molecule has 0 spiro atoms. The summed E-state index contributed by atoms with van der Waals surface area (Å²) in [6.07, 6.45) is 6.59. The van der Waals surface area contributed by atoms with Crippen molar-refractivity contribution in [1.82, 2.24) is 0 Å². The smallest absolute Gasteiger partial charge is 0.270 e. The van der Waals surface area contributed by atoms with Crippen LogP contribution in [0.1, 0.15) is 16.7 Å². The molecule has 0 bridgehead atoms. The van der Waals surface area contributed by atoms with Crippen LogP contribution in [-0.4, -0.2) is 32.2 Å². The van der Waals surface area contributed by atoms with Gasteiger partial charge in [0.1, 0.15) is 0 Å². The predicted octanol–water partition coefficient (Wildman–Crippen LogP) is 5.44. The van der Waals surface area contributed by atoms with Gasteiger partial charge in [0, 0.05) is 23.9 Å². The molecule has 0 aliphatic rings. The minimum Gasteiger partial charge on any atom is -0.493 e. The summed E-state index contributed by atoms with van der Waals surface area (Å²) in [6, 6.07) is 17.0. The lowest BCUT2D eigenvalue weighted by Crippen LogP contribution is -2.08. The second kappa shape index (κ2) is 11.3. The SMILES string of the molecule is COc1cc(/C=C/c2ccccc2NC(=O)/C=C/c2cccc([N+](=O)[O-])c2)cc(OC)c1OC. The van der Waals surface area contributed by atoms with Crippen molar-refractivity contribution in [1.29, 1.82) is 0 Å². The molecule has 1 amide bonds. The van der Waals surface area contributed by atoms with Crippen LogP contribution >= 0.6 is 0 Å². The van der Waals surface area contributed by atoms with Gasteiger partial charge < -0.3 is 19.5 Å². The molecule has 34 heavy (non-hydrogen) atoms. The molecule has 0 heterocycles. The standard InChI is InChI=1S/C26H24N2O6/c1-32-23-16-19(17-24(33-2)26(23)34-3)11-13-20-8-4-5-10-22(20)27-25(29)14-12-18-7-6-9-21(15-18)28(30)31/h4-17H,1-3H3,(H,27,29)/b13-11+,14-12+. The Morgan fingerprint density at radius 2 is 1.56 bits per heavy atom. The number of anilines is 1. The fourth-order valence-corrected chi connectivity index (χ4v) is 3.23. The number of rotatable bonds is 9. The van der Waals surface area contributed by atoms with Crippen molar-refractivity contribution in [2.75, 3.05) is 26.6 Å². The number of amides is 1. The number of nitro groups is 1. The maximum atomic E-state index is 12.5. The first-order valence-electron chi connectivity index (χ1n) is 10.3. The summed E-state index contributed by atoms with van der Waals surface area (Å²) in [5, 5.41) is 13.8. The highest BCUT2D eigenvalue weighted by atomic mass is 16.6. The third kappa shape index (κ3) is 6.01. The Morgan fingerprint density at radius 1 is 0.853 bits per heavy atom. The third-order valence-electron chi connectivity index (χ3n) is 4.87. The monoisotopic (exact) mass is 460 g/mol. The van der Waals surface area contributed by atoms with Gasteiger partial charge in [-0.2, -0.15) is 0 Å². The van der Waals surface area contributed by atoms with E-state index < -0.39 is 4.92 Å². The van der Waals surface area contributed by atoms with Crippen molar-refractivity contribution in [3.63, 3.8) is 0 Å². The molecule has 0 radical (unpaired) electrons. The zero-order valence-electron chi connectivity index (χ0n) is 19.0. The van der Waals surface area contributed by atoms with Crippen LogP contribution in [0.15, 0.2) is 66.7 Å². The highest BCUT2D eigenvalue weighted by Gasteiger charge is 2.12. The number of carbonyl (C=O) groups excluding carboxylic acids is 1. The average Bonchev–Trinajstić information content (AvgIpc) is 2.86. The summed E-state index contributed by atoms with van der Waals surface area (Å²) in [4.78, 5) is 22.9. The van der Waals surface area contributed by atoms with Gasteiger partial charge in [-0.3, -0.25) is 14.9 Å². The number of hydrogen-bond donors (Lipinski definition) is 1. The quantitative estimate of drug-likeness (QED) is 0.197. The molecule has 0 atom stereocenters. The zero-order chi connectivity index (χ0) is 24.5. The van der Waals surface area contributed by atoms with Gasteiger partial charge in [0.2, 0.25) is 11.7 Å². The number of benzene rings is 3. The Kier molecular flexibility index (Phi) is 8.02. The first-order chi connectivity index (χ1) is 16.4. The van der Waals surface area contributed by atoms with E-state index in [0.29, 0.717) is 28.5 Å². The molecule has 3 aromatic carbocycles. The summed E-state index contributed by atoms with van der Waals surface area (Å²) in [7, 11) is 4.65. The van der Waals surface area contributed by atoms with Gasteiger partial charge in [0.25, 0.3) is 5.69 Å². The van der Waals surface area contributed by atoms with Crippen LogP contribution in [0.4, 0.5) is 11.4 Å². The van der Waals surface area contributed by atoms with Crippen LogP contribution in [0.3, 0.4) is 0 Å². The fraction of sp³-hybridized carbons (Fsp3) is 0.115. The van der Waals surface area contributed by atoms with E-state index in [1.807, 2.05) is 42.5 Å². The molecule has 0 aromatic heterocycles. The van der Waals surface area contributed by atoms with Gasteiger partial charge in [-0.25, -0.2) is 0 Å². The van der Waals surface area contributed by atoms with E-state index in [-0.39, 0.29) is 11.6 Å². The number of nitrogens with one attached hydrogen (secondary N) is 1. The molecule has 8 nitrogen and oxygen atoms in total. The maximum absolute atomic E-state index is 12.5. The van der Waals surface area contributed by atoms with E-state index in [1.165, 1.54) is 24.3 Å². The number of non-ortho nitro benzene ring substituents is 1. The summed E-state index contributed by atoms with van der Waals surface area (Å²) in [6.45, 7) is 0. The van der Waals surface area contributed by atoms with Gasteiger partial charge >= 0.3 is 0 Å². The zero-order valence-corrected chi connectivity index (χ0v) is 19.0. The van der Waals surface area contributed by atoms with Gasteiger partial charge in [0.05, 0.1) is 26.3 Å². The van der Waals surface area contributed by atoms with E-state index in [1.54, 1.807) is 39.5 Å². The number of para-hydroxylation sites is 1. The molecule has 0 saturated heterocycles. The molecular formula is C26H24N2O6. The third-order valence-corrected chi connectivity index (χ3v) is 4.87. The minimum atomic E-state index is -0.478. The highest BCUT2D eigenvalue weighted by Crippen LogP contribution is 2.38. The summed E-state index contributed by atoms with van der Waals surface area (Å²) in [5.74, 6) is 1.22. The molecule has 3 rings (SSSR count). The second-order valence-corrected chi connectivity index (χ2v) is 7.05. The van der Waals surface area contributed by atoms with E-state index >= 15 is 0 Å². The van der Waals surface area contributed by atoms with Gasteiger partial charge in [-0.05, 0) is 41.0 Å². The minimum absolute atomic E-state index is 0.0372. The Balaban J connectivity index is 1.79. The van der Waals surface area contributed by atoms with E-state index in [2.05, 4.69) is 5.32 Å². The molecule has 0 aliphatic heterocycles. The van der Waals surface area contributed by atoms with Crippen molar-refractivity contribution in [3.8, 4) is 17.2 Å². The Morgan fingerprint density at radius 3 is 2.21 bits per heavy atom. The Hall–Kier alpha value is -4.59.